The molecule has 1 saturated heterocycles. The maximum absolute atomic E-state index is 9.32. The second-order valence-corrected chi connectivity index (χ2v) is 6.82. The maximum Gasteiger partial charge on any atom is 0.232 e. The molecule has 0 radical (unpaired) electrons. The van der Waals surface area contributed by atoms with E-state index >= 15 is 0 Å². The molecule has 132 valence electrons. The van der Waals surface area contributed by atoms with Crippen molar-refractivity contribution in [3.05, 3.63) is 35.0 Å². The van der Waals surface area contributed by atoms with Gasteiger partial charge in [-0.2, -0.15) is 10.2 Å². The first-order valence-electron chi connectivity index (χ1n) is 8.40. The number of likely N-dealkylation sites (N-methyl/N-ethyl adjacent to an activating group) is 1. The summed E-state index contributed by atoms with van der Waals surface area (Å²) in [7, 11) is 2.15. The summed E-state index contributed by atoms with van der Waals surface area (Å²) in [5.41, 5.74) is 1.07. The van der Waals surface area contributed by atoms with E-state index in [1.807, 2.05) is 12.1 Å². The molecule has 1 aliphatic heterocycles. The van der Waals surface area contributed by atoms with Gasteiger partial charge in [-0.25, -0.2) is 0 Å². The van der Waals surface area contributed by atoms with Gasteiger partial charge in [0.25, 0.3) is 0 Å². The lowest BCUT2D eigenvalue weighted by atomic mass is 10.2. The number of benzene rings is 1. The predicted octanol–water partition coefficient (Wildman–Crippen LogP) is 2.91. The highest BCUT2D eigenvalue weighted by Gasteiger charge is 2.20. The Morgan fingerprint density at radius 1 is 1.28 bits per heavy atom. The van der Waals surface area contributed by atoms with Gasteiger partial charge in [0.05, 0.1) is 0 Å². The number of aromatic nitrogens is 1. The quantitative estimate of drug-likeness (QED) is 0.885. The zero-order chi connectivity index (χ0) is 17.8. The number of nitrogens with one attached hydrogen (secondary N) is 1. The van der Waals surface area contributed by atoms with Crippen LogP contribution >= 0.6 is 11.6 Å². The Bertz CT molecular complexity index is 744. The molecular weight excluding hydrogens is 338 g/mol. The lowest BCUT2D eigenvalue weighted by Crippen LogP contribution is -2.49. The average molecular weight is 360 g/mol. The minimum absolute atomic E-state index is 0.274. The Kier molecular flexibility index (Phi) is 5.59. The van der Waals surface area contributed by atoms with Gasteiger partial charge in [-0.1, -0.05) is 11.6 Å². The largest absolute Gasteiger partial charge is 0.419 e. The van der Waals surface area contributed by atoms with Crippen molar-refractivity contribution in [2.75, 3.05) is 45.1 Å². The molecule has 1 aromatic carbocycles. The third-order valence-electron chi connectivity index (χ3n) is 4.54. The second kappa shape index (κ2) is 7.87. The predicted molar refractivity (Wildman–Crippen MR) is 98.7 cm³/mol. The Balaban J connectivity index is 1.66. The van der Waals surface area contributed by atoms with Crippen LogP contribution in [0.3, 0.4) is 0 Å². The van der Waals surface area contributed by atoms with Crippen molar-refractivity contribution in [2.45, 2.75) is 13.0 Å². The first-order valence-corrected chi connectivity index (χ1v) is 8.78. The molecule has 6 nitrogen and oxygen atoms in total. The van der Waals surface area contributed by atoms with E-state index in [-0.39, 0.29) is 5.69 Å². The standard InChI is InChI=1S/C18H22ClN5O/c1-13(24-9-7-23(2)8-10-24)12-21-18-16(11-20)22-17(25-18)14-3-5-15(19)6-4-14/h3-6,13,21H,7-10,12H2,1-2H3/t13-/m1/s1. The number of halogens is 1. The van der Waals surface area contributed by atoms with E-state index in [9.17, 15) is 5.26 Å². The zero-order valence-electron chi connectivity index (χ0n) is 14.5. The Labute approximate surface area is 153 Å². The number of hydrogen-bond donors (Lipinski definition) is 1. The van der Waals surface area contributed by atoms with Crippen LogP contribution in [0.25, 0.3) is 11.5 Å². The summed E-state index contributed by atoms with van der Waals surface area (Å²) in [6, 6.07) is 9.64. The lowest BCUT2D eigenvalue weighted by Gasteiger charge is -2.36. The van der Waals surface area contributed by atoms with Crippen molar-refractivity contribution in [1.29, 1.82) is 5.26 Å². The summed E-state index contributed by atoms with van der Waals surface area (Å²) >= 11 is 5.91. The van der Waals surface area contributed by atoms with E-state index in [2.05, 4.69) is 40.1 Å². The third kappa shape index (κ3) is 4.31. The molecule has 0 aliphatic carbocycles. The van der Waals surface area contributed by atoms with Crippen molar-refractivity contribution >= 4 is 17.5 Å². The first kappa shape index (κ1) is 17.7. The van der Waals surface area contributed by atoms with E-state index in [1.165, 1.54) is 0 Å². The van der Waals surface area contributed by atoms with Crippen molar-refractivity contribution < 1.29 is 4.42 Å². The molecule has 0 amide bonds. The fraction of sp³-hybridized carbons (Fsp3) is 0.444. The molecule has 3 rings (SSSR count). The number of anilines is 1. The van der Waals surface area contributed by atoms with E-state index in [1.54, 1.807) is 12.1 Å². The molecule has 0 saturated carbocycles. The molecule has 1 N–H and O–H groups in total. The third-order valence-corrected chi connectivity index (χ3v) is 4.80. The van der Waals surface area contributed by atoms with Gasteiger partial charge >= 0.3 is 0 Å². The molecule has 2 heterocycles. The van der Waals surface area contributed by atoms with Gasteiger partial charge in [0, 0.05) is 49.4 Å². The summed E-state index contributed by atoms with van der Waals surface area (Å²) in [5, 5.41) is 13.2. The van der Waals surface area contributed by atoms with Crippen LogP contribution in [0.15, 0.2) is 28.7 Å². The molecule has 2 aromatic rings. The van der Waals surface area contributed by atoms with Crippen LogP contribution in [0.2, 0.25) is 5.02 Å². The van der Waals surface area contributed by atoms with Crippen molar-refractivity contribution in [3.8, 4) is 17.5 Å². The van der Waals surface area contributed by atoms with E-state index in [4.69, 9.17) is 16.0 Å². The molecule has 1 aromatic heterocycles. The molecule has 1 aliphatic rings. The van der Waals surface area contributed by atoms with E-state index < -0.39 is 0 Å². The van der Waals surface area contributed by atoms with Gasteiger partial charge in [-0.05, 0) is 38.2 Å². The van der Waals surface area contributed by atoms with Gasteiger partial charge in [0.1, 0.15) is 6.07 Å². The molecular formula is C18H22ClN5O. The van der Waals surface area contributed by atoms with Crippen LogP contribution in [-0.2, 0) is 0 Å². The first-order chi connectivity index (χ1) is 12.1. The van der Waals surface area contributed by atoms with Gasteiger partial charge < -0.3 is 14.6 Å². The normalized spacial score (nSPS) is 17.2. The highest BCUT2D eigenvalue weighted by molar-refractivity contribution is 6.30. The molecule has 7 heteroatoms. The van der Waals surface area contributed by atoms with Crippen LogP contribution in [0, 0.1) is 11.3 Å². The fourth-order valence-corrected chi connectivity index (χ4v) is 2.99. The van der Waals surface area contributed by atoms with Gasteiger partial charge in [-0.3, -0.25) is 4.90 Å². The number of nitriles is 1. The van der Waals surface area contributed by atoms with Crippen molar-refractivity contribution in [1.82, 2.24) is 14.8 Å². The monoisotopic (exact) mass is 359 g/mol. The zero-order valence-corrected chi connectivity index (χ0v) is 15.3. The van der Waals surface area contributed by atoms with Crippen LogP contribution < -0.4 is 5.32 Å². The van der Waals surface area contributed by atoms with Crippen molar-refractivity contribution in [2.24, 2.45) is 0 Å². The van der Waals surface area contributed by atoms with Crippen LogP contribution in [-0.4, -0.2) is 60.6 Å². The Morgan fingerprint density at radius 2 is 1.96 bits per heavy atom. The smallest absolute Gasteiger partial charge is 0.232 e. The van der Waals surface area contributed by atoms with Crippen LogP contribution in [0.1, 0.15) is 12.6 Å². The van der Waals surface area contributed by atoms with Crippen LogP contribution in [0.5, 0.6) is 0 Å². The molecule has 0 bridgehead atoms. The molecule has 0 unspecified atom stereocenters. The van der Waals surface area contributed by atoms with Gasteiger partial charge in [-0.15, -0.1) is 0 Å². The van der Waals surface area contributed by atoms with Gasteiger partial charge in [0.15, 0.2) is 0 Å². The Morgan fingerprint density at radius 3 is 2.60 bits per heavy atom. The van der Waals surface area contributed by atoms with Gasteiger partial charge in [0.2, 0.25) is 17.5 Å². The fourth-order valence-electron chi connectivity index (χ4n) is 2.86. The summed E-state index contributed by atoms with van der Waals surface area (Å²) in [4.78, 5) is 9.05. The summed E-state index contributed by atoms with van der Waals surface area (Å²) in [6.45, 7) is 7.15. The molecule has 1 fully saturated rings. The minimum atomic E-state index is 0.274. The highest BCUT2D eigenvalue weighted by atomic mass is 35.5. The average Bonchev–Trinajstić information content (AvgIpc) is 3.04. The van der Waals surface area contributed by atoms with Crippen LogP contribution in [0.4, 0.5) is 5.88 Å². The van der Waals surface area contributed by atoms with Crippen molar-refractivity contribution in [3.63, 3.8) is 0 Å². The molecule has 1 atom stereocenters. The highest BCUT2D eigenvalue weighted by Crippen LogP contribution is 2.26. The minimum Gasteiger partial charge on any atom is -0.419 e. The number of rotatable bonds is 5. The summed E-state index contributed by atoms with van der Waals surface area (Å²) in [6.07, 6.45) is 0. The number of nitrogens with zero attached hydrogens (tertiary/aromatic N) is 4. The number of piperazine rings is 1. The number of oxazole rings is 1. The van der Waals surface area contributed by atoms with E-state index in [0.717, 1.165) is 31.7 Å². The topological polar surface area (TPSA) is 68.3 Å². The summed E-state index contributed by atoms with van der Waals surface area (Å²) < 4.78 is 5.77. The maximum atomic E-state index is 9.32. The second-order valence-electron chi connectivity index (χ2n) is 6.38. The lowest BCUT2D eigenvalue weighted by molar-refractivity contribution is 0.123. The Hall–Kier alpha value is -2.07. The summed E-state index contributed by atoms with van der Waals surface area (Å²) in [5.74, 6) is 0.844. The SMILES string of the molecule is C[C@H](CNc1oc(-c2ccc(Cl)cc2)nc1C#N)N1CCN(C)CC1. The number of hydrogen-bond acceptors (Lipinski definition) is 6. The molecule has 25 heavy (non-hydrogen) atoms. The molecule has 0 spiro atoms. The van der Waals surface area contributed by atoms with E-state index in [0.29, 0.717) is 29.4 Å².